The minimum absolute atomic E-state index is 0.354. The van der Waals surface area contributed by atoms with E-state index in [-0.39, 0.29) is 0 Å². The number of hydrogen-bond acceptors (Lipinski definition) is 4. The first kappa shape index (κ1) is 22.1. The van der Waals surface area contributed by atoms with Crippen LogP contribution in [0.4, 0.5) is 0 Å². The minimum Gasteiger partial charge on any atom is -0.507 e. The van der Waals surface area contributed by atoms with E-state index < -0.39 is 0 Å². The molecule has 0 aliphatic carbocycles. The van der Waals surface area contributed by atoms with E-state index in [0.717, 1.165) is 33.8 Å². The molecule has 28 heavy (non-hydrogen) atoms. The largest absolute Gasteiger partial charge is 0.507 e. The van der Waals surface area contributed by atoms with Crippen molar-refractivity contribution in [2.75, 3.05) is 19.8 Å². The molecule has 2 aromatic carbocycles. The molecule has 0 amide bonds. The Hall–Kier alpha value is -2.20. The van der Waals surface area contributed by atoms with Crippen molar-refractivity contribution in [1.29, 1.82) is 0 Å². The van der Waals surface area contributed by atoms with E-state index in [1.165, 1.54) is 11.1 Å². The van der Waals surface area contributed by atoms with Gasteiger partial charge in [0.2, 0.25) is 0 Å². The molecule has 0 unspecified atom stereocenters. The summed E-state index contributed by atoms with van der Waals surface area (Å²) in [6.07, 6.45) is 0. The van der Waals surface area contributed by atoms with E-state index in [1.807, 2.05) is 27.7 Å². The SMILES string of the molecule is CCOc1c(C)c(C)c(O)c(CNCCOc2cc(C)ccc2C(C)C)c1C. The van der Waals surface area contributed by atoms with Gasteiger partial charge in [0.25, 0.3) is 0 Å². The molecule has 0 heterocycles. The first-order valence-electron chi connectivity index (χ1n) is 10.2. The molecule has 0 saturated carbocycles. The summed E-state index contributed by atoms with van der Waals surface area (Å²) in [4.78, 5) is 0. The van der Waals surface area contributed by atoms with E-state index >= 15 is 0 Å². The molecular formula is C24H35NO3. The van der Waals surface area contributed by atoms with Crippen LogP contribution < -0.4 is 14.8 Å². The Morgan fingerprint density at radius 3 is 2.36 bits per heavy atom. The number of rotatable bonds is 9. The zero-order valence-electron chi connectivity index (χ0n) is 18.4. The highest BCUT2D eigenvalue weighted by Crippen LogP contribution is 2.37. The van der Waals surface area contributed by atoms with Gasteiger partial charge in [0, 0.05) is 18.7 Å². The van der Waals surface area contributed by atoms with Crippen LogP contribution in [0.2, 0.25) is 0 Å². The zero-order chi connectivity index (χ0) is 20.8. The first-order valence-corrected chi connectivity index (χ1v) is 10.2. The van der Waals surface area contributed by atoms with Gasteiger partial charge >= 0.3 is 0 Å². The summed E-state index contributed by atoms with van der Waals surface area (Å²) in [6, 6.07) is 6.37. The van der Waals surface area contributed by atoms with Crippen molar-refractivity contribution in [3.8, 4) is 17.2 Å². The molecule has 2 rings (SSSR count). The molecule has 0 atom stereocenters. The quantitative estimate of drug-likeness (QED) is 0.574. The van der Waals surface area contributed by atoms with Crippen molar-refractivity contribution >= 4 is 0 Å². The summed E-state index contributed by atoms with van der Waals surface area (Å²) in [5.41, 5.74) is 6.20. The number of ether oxygens (including phenoxy) is 2. The van der Waals surface area contributed by atoms with Crippen molar-refractivity contribution in [3.05, 3.63) is 51.6 Å². The summed E-state index contributed by atoms with van der Waals surface area (Å²) < 4.78 is 11.8. The Morgan fingerprint density at radius 2 is 1.71 bits per heavy atom. The maximum atomic E-state index is 10.6. The molecular weight excluding hydrogens is 350 g/mol. The Balaban J connectivity index is 2.01. The van der Waals surface area contributed by atoms with Crippen LogP contribution in [0.25, 0.3) is 0 Å². The third kappa shape index (κ3) is 4.99. The second kappa shape index (κ2) is 9.83. The summed E-state index contributed by atoms with van der Waals surface area (Å²) in [7, 11) is 0. The predicted octanol–water partition coefficient (Wildman–Crippen LogP) is 5.32. The predicted molar refractivity (Wildman–Crippen MR) is 116 cm³/mol. The molecule has 0 radical (unpaired) electrons. The van der Waals surface area contributed by atoms with Crippen LogP contribution in [0.1, 0.15) is 60.1 Å². The van der Waals surface area contributed by atoms with Gasteiger partial charge in [-0.25, -0.2) is 0 Å². The molecule has 2 N–H and O–H groups in total. The second-order valence-corrected chi connectivity index (χ2v) is 7.69. The van der Waals surface area contributed by atoms with Crippen LogP contribution in [0.5, 0.6) is 17.2 Å². The second-order valence-electron chi connectivity index (χ2n) is 7.69. The van der Waals surface area contributed by atoms with E-state index in [0.29, 0.717) is 38.0 Å². The van der Waals surface area contributed by atoms with Crippen LogP contribution in [0, 0.1) is 27.7 Å². The van der Waals surface area contributed by atoms with Crippen molar-refractivity contribution in [2.45, 2.75) is 60.9 Å². The molecule has 0 bridgehead atoms. The number of benzene rings is 2. The normalized spacial score (nSPS) is 11.1. The molecule has 0 aliphatic heterocycles. The van der Waals surface area contributed by atoms with E-state index in [2.05, 4.69) is 44.3 Å². The highest BCUT2D eigenvalue weighted by Gasteiger charge is 2.17. The van der Waals surface area contributed by atoms with Crippen molar-refractivity contribution in [2.24, 2.45) is 0 Å². The lowest BCUT2D eigenvalue weighted by atomic mass is 9.97. The van der Waals surface area contributed by atoms with Crippen LogP contribution in [0.3, 0.4) is 0 Å². The molecule has 0 spiro atoms. The van der Waals surface area contributed by atoms with Crippen LogP contribution >= 0.6 is 0 Å². The lowest BCUT2D eigenvalue weighted by Gasteiger charge is -2.20. The highest BCUT2D eigenvalue weighted by atomic mass is 16.5. The third-order valence-corrected chi connectivity index (χ3v) is 5.26. The van der Waals surface area contributed by atoms with E-state index in [4.69, 9.17) is 9.47 Å². The van der Waals surface area contributed by atoms with Crippen molar-refractivity contribution in [3.63, 3.8) is 0 Å². The summed E-state index contributed by atoms with van der Waals surface area (Å²) in [5.74, 6) is 2.62. The number of nitrogens with one attached hydrogen (secondary N) is 1. The molecule has 0 aromatic heterocycles. The van der Waals surface area contributed by atoms with Gasteiger partial charge in [-0.15, -0.1) is 0 Å². The zero-order valence-corrected chi connectivity index (χ0v) is 18.4. The first-order chi connectivity index (χ1) is 13.3. The summed E-state index contributed by atoms with van der Waals surface area (Å²) in [5, 5.41) is 14.0. The average molecular weight is 386 g/mol. The molecule has 0 aliphatic rings. The molecule has 154 valence electrons. The molecule has 0 saturated heterocycles. The Kier molecular flexibility index (Phi) is 7.76. The Labute approximate surface area is 169 Å². The van der Waals surface area contributed by atoms with Crippen LogP contribution in [0.15, 0.2) is 18.2 Å². The monoisotopic (exact) mass is 385 g/mol. The summed E-state index contributed by atoms with van der Waals surface area (Å²) in [6.45, 7) is 16.8. The Bertz CT molecular complexity index is 812. The minimum atomic E-state index is 0.354. The van der Waals surface area contributed by atoms with E-state index in [1.54, 1.807) is 0 Å². The maximum absolute atomic E-state index is 10.6. The summed E-state index contributed by atoms with van der Waals surface area (Å²) >= 11 is 0. The van der Waals surface area contributed by atoms with Gasteiger partial charge in [0.1, 0.15) is 23.9 Å². The van der Waals surface area contributed by atoms with E-state index in [9.17, 15) is 5.11 Å². The molecule has 0 fully saturated rings. The lowest BCUT2D eigenvalue weighted by molar-refractivity contribution is 0.308. The maximum Gasteiger partial charge on any atom is 0.125 e. The van der Waals surface area contributed by atoms with Gasteiger partial charge < -0.3 is 19.9 Å². The van der Waals surface area contributed by atoms with Crippen molar-refractivity contribution < 1.29 is 14.6 Å². The highest BCUT2D eigenvalue weighted by molar-refractivity contribution is 5.57. The van der Waals surface area contributed by atoms with Crippen LogP contribution in [-0.4, -0.2) is 24.9 Å². The number of phenolic OH excluding ortho intramolecular Hbond substituents is 1. The number of aromatic hydroxyl groups is 1. The van der Waals surface area contributed by atoms with Crippen LogP contribution in [-0.2, 0) is 6.54 Å². The molecule has 4 heteroatoms. The van der Waals surface area contributed by atoms with Gasteiger partial charge in [0.05, 0.1) is 6.61 Å². The van der Waals surface area contributed by atoms with Gasteiger partial charge in [-0.05, 0) is 74.4 Å². The standard InChI is InChI=1S/C24H35NO3/c1-8-27-24-18(6)17(5)23(26)21(19(24)7)14-25-11-12-28-22-13-16(4)9-10-20(22)15(2)3/h9-10,13,15,25-26H,8,11-12,14H2,1-7H3. The third-order valence-electron chi connectivity index (χ3n) is 5.26. The molecule has 2 aromatic rings. The fraction of sp³-hybridized carbons (Fsp3) is 0.500. The lowest BCUT2D eigenvalue weighted by Crippen LogP contribution is -2.22. The smallest absolute Gasteiger partial charge is 0.125 e. The average Bonchev–Trinajstić information content (AvgIpc) is 2.65. The fourth-order valence-electron chi connectivity index (χ4n) is 3.44. The number of aryl methyl sites for hydroxylation is 1. The fourth-order valence-corrected chi connectivity index (χ4v) is 3.44. The number of hydrogen-bond donors (Lipinski definition) is 2. The van der Waals surface area contributed by atoms with Gasteiger partial charge in [-0.2, -0.15) is 0 Å². The van der Waals surface area contributed by atoms with Gasteiger partial charge in [-0.1, -0.05) is 26.0 Å². The number of phenols is 1. The molecule has 4 nitrogen and oxygen atoms in total. The topological polar surface area (TPSA) is 50.7 Å². The van der Waals surface area contributed by atoms with Crippen molar-refractivity contribution in [1.82, 2.24) is 5.32 Å². The van der Waals surface area contributed by atoms with Gasteiger partial charge in [0.15, 0.2) is 0 Å². The Morgan fingerprint density at radius 1 is 1.00 bits per heavy atom. The van der Waals surface area contributed by atoms with Gasteiger partial charge in [-0.3, -0.25) is 0 Å².